The molecule has 0 aromatic heterocycles. The summed E-state index contributed by atoms with van der Waals surface area (Å²) in [5, 5.41) is 0. The zero-order chi connectivity index (χ0) is 9.52. The van der Waals surface area contributed by atoms with Crippen LogP contribution < -0.4 is 0 Å². The lowest BCUT2D eigenvalue weighted by Crippen LogP contribution is -1.78. The molecule has 0 saturated carbocycles. The summed E-state index contributed by atoms with van der Waals surface area (Å²) in [5.74, 6) is 0. The Balaban J connectivity index is 2.35. The second-order valence-corrected chi connectivity index (χ2v) is 3.21. The summed E-state index contributed by atoms with van der Waals surface area (Å²) in [6, 6.07) is 9.78. The van der Waals surface area contributed by atoms with Crippen molar-refractivity contribution < 1.29 is 14.0 Å². The zero-order valence-electron chi connectivity index (χ0n) is 7.01. The molecule has 0 amide bonds. The number of benzene rings is 1. The highest BCUT2D eigenvalue weighted by Gasteiger charge is 1.86. The number of allylic oxidation sites excluding steroid dienone is 1. The third-order valence-electron chi connectivity index (χ3n) is 1.46. The molecule has 0 saturated heterocycles. The van der Waals surface area contributed by atoms with E-state index in [2.05, 4.69) is 4.52 Å². The number of hydrogen-bond donors (Lipinski definition) is 1. The summed E-state index contributed by atoms with van der Waals surface area (Å²) >= 11 is 0. The summed E-state index contributed by atoms with van der Waals surface area (Å²) in [5.41, 5.74) is 1.14. The molecule has 0 fully saturated rings. The van der Waals surface area contributed by atoms with Crippen molar-refractivity contribution in [2.75, 3.05) is 0 Å². The molecule has 1 unspecified atom stereocenters. The topological polar surface area (TPSA) is 46.5 Å². The Morgan fingerprint density at radius 1 is 1.38 bits per heavy atom. The van der Waals surface area contributed by atoms with Gasteiger partial charge in [0.25, 0.3) is 0 Å². The van der Waals surface area contributed by atoms with Gasteiger partial charge in [-0.05, 0) is 18.1 Å². The Morgan fingerprint density at radius 3 is 2.69 bits per heavy atom. The Hall–Kier alpha value is -1.05. The molecule has 0 aliphatic carbocycles. The van der Waals surface area contributed by atoms with Crippen LogP contribution in [0, 0.1) is 0 Å². The lowest BCUT2D eigenvalue weighted by Gasteiger charge is -1.94. The van der Waals surface area contributed by atoms with Crippen LogP contribution in [0.2, 0.25) is 0 Å². The van der Waals surface area contributed by atoms with Gasteiger partial charge in [-0.25, -0.2) is 4.57 Å². The van der Waals surface area contributed by atoms with Crippen LogP contribution in [0.1, 0.15) is 5.56 Å². The molecular weight excluding hydrogens is 187 g/mol. The summed E-state index contributed by atoms with van der Waals surface area (Å²) in [4.78, 5) is 8.32. The smallest absolute Gasteiger partial charge is 0.364 e. The predicted molar refractivity (Wildman–Crippen MR) is 51.6 cm³/mol. The molecule has 0 spiro atoms. The lowest BCUT2D eigenvalue weighted by molar-refractivity contribution is 0.377. The summed E-state index contributed by atoms with van der Waals surface area (Å²) in [7, 11) is -2.83. The van der Waals surface area contributed by atoms with Gasteiger partial charge in [-0.1, -0.05) is 30.3 Å². The van der Waals surface area contributed by atoms with Crippen LogP contribution in [0.5, 0.6) is 0 Å². The molecular formula is C9H11O3P. The van der Waals surface area contributed by atoms with Crippen molar-refractivity contribution in [2.24, 2.45) is 0 Å². The molecule has 1 rings (SSSR count). The van der Waals surface area contributed by atoms with Gasteiger partial charge in [-0.3, -0.25) is 0 Å². The van der Waals surface area contributed by atoms with Gasteiger partial charge in [0.05, 0.1) is 6.26 Å². The van der Waals surface area contributed by atoms with Crippen molar-refractivity contribution in [3.05, 3.63) is 48.2 Å². The fourth-order valence-corrected chi connectivity index (χ4v) is 1.12. The van der Waals surface area contributed by atoms with Crippen LogP contribution in [0.25, 0.3) is 0 Å². The minimum Gasteiger partial charge on any atom is -0.435 e. The third-order valence-corrected chi connectivity index (χ3v) is 1.80. The highest BCUT2D eigenvalue weighted by molar-refractivity contribution is 7.32. The van der Waals surface area contributed by atoms with E-state index in [-0.39, 0.29) is 0 Å². The molecule has 0 radical (unpaired) electrons. The number of rotatable bonds is 4. The summed E-state index contributed by atoms with van der Waals surface area (Å²) < 4.78 is 14.5. The van der Waals surface area contributed by atoms with Crippen LogP contribution in [0.3, 0.4) is 0 Å². The van der Waals surface area contributed by atoms with E-state index >= 15 is 0 Å². The van der Waals surface area contributed by atoms with E-state index in [1.165, 1.54) is 6.26 Å². The van der Waals surface area contributed by atoms with E-state index in [9.17, 15) is 4.57 Å². The Bertz CT molecular complexity index is 295. The first-order valence-electron chi connectivity index (χ1n) is 3.87. The van der Waals surface area contributed by atoms with E-state index in [1.807, 2.05) is 30.3 Å². The largest absolute Gasteiger partial charge is 0.435 e. The normalized spacial score (nSPS) is 13.0. The van der Waals surface area contributed by atoms with Crippen LogP contribution in [0.4, 0.5) is 0 Å². The first kappa shape index (κ1) is 10.0. The first-order valence-corrected chi connectivity index (χ1v) is 5.14. The second-order valence-electron chi connectivity index (χ2n) is 2.45. The molecule has 4 heteroatoms. The maximum absolute atomic E-state index is 10.1. The average molecular weight is 198 g/mol. The molecule has 0 heterocycles. The zero-order valence-corrected chi connectivity index (χ0v) is 8.01. The summed E-state index contributed by atoms with van der Waals surface area (Å²) in [6.45, 7) is 0. The molecule has 13 heavy (non-hydrogen) atoms. The van der Waals surface area contributed by atoms with Crippen LogP contribution in [0.15, 0.2) is 42.7 Å². The first-order chi connectivity index (χ1) is 6.29. The lowest BCUT2D eigenvalue weighted by atomic mass is 10.2. The SMILES string of the molecule is O=[PH](O)OC=CCc1ccccc1. The molecule has 70 valence electrons. The highest BCUT2D eigenvalue weighted by atomic mass is 31.1. The van der Waals surface area contributed by atoms with Gasteiger partial charge in [0.1, 0.15) is 0 Å². The van der Waals surface area contributed by atoms with E-state index in [0.717, 1.165) is 5.56 Å². The summed E-state index contributed by atoms with van der Waals surface area (Å²) in [6.07, 6.45) is 3.67. The van der Waals surface area contributed by atoms with E-state index in [1.54, 1.807) is 6.08 Å². The van der Waals surface area contributed by atoms with Crippen molar-refractivity contribution >= 4 is 8.25 Å². The van der Waals surface area contributed by atoms with Gasteiger partial charge in [0, 0.05) is 0 Å². The minimum absolute atomic E-state index is 0.704. The van der Waals surface area contributed by atoms with Crippen LogP contribution in [-0.2, 0) is 15.5 Å². The highest BCUT2D eigenvalue weighted by Crippen LogP contribution is 2.14. The molecule has 1 aromatic carbocycles. The quantitative estimate of drug-likeness (QED) is 0.595. The van der Waals surface area contributed by atoms with Crippen molar-refractivity contribution in [2.45, 2.75) is 6.42 Å². The van der Waals surface area contributed by atoms with Gasteiger partial charge in [-0.15, -0.1) is 0 Å². The van der Waals surface area contributed by atoms with Crippen LogP contribution in [-0.4, -0.2) is 4.89 Å². The fourth-order valence-electron chi connectivity index (χ4n) is 0.905. The van der Waals surface area contributed by atoms with Crippen molar-refractivity contribution in [1.82, 2.24) is 0 Å². The Kier molecular flexibility index (Phi) is 4.30. The monoisotopic (exact) mass is 198 g/mol. The van der Waals surface area contributed by atoms with Gasteiger partial charge in [0.15, 0.2) is 0 Å². The maximum atomic E-state index is 10.1. The van der Waals surface area contributed by atoms with Gasteiger partial charge in [-0.2, -0.15) is 0 Å². The van der Waals surface area contributed by atoms with Gasteiger partial charge >= 0.3 is 8.25 Å². The van der Waals surface area contributed by atoms with Crippen molar-refractivity contribution in [3.8, 4) is 0 Å². The van der Waals surface area contributed by atoms with Gasteiger partial charge < -0.3 is 9.42 Å². The van der Waals surface area contributed by atoms with E-state index in [4.69, 9.17) is 4.89 Å². The third kappa shape index (κ3) is 4.51. The van der Waals surface area contributed by atoms with Crippen LogP contribution >= 0.6 is 8.25 Å². The molecule has 1 N–H and O–H groups in total. The number of hydrogen-bond acceptors (Lipinski definition) is 2. The fraction of sp³-hybridized carbons (Fsp3) is 0.111. The molecule has 1 aromatic rings. The van der Waals surface area contributed by atoms with Crippen molar-refractivity contribution in [1.29, 1.82) is 0 Å². The standard InChI is InChI=1S/C9H11O3P/c10-13(11)12-8-4-7-9-5-2-1-3-6-9/h1-6,8,13H,7H2,(H,10,11). The van der Waals surface area contributed by atoms with Gasteiger partial charge in [0.2, 0.25) is 0 Å². The molecule has 1 atom stereocenters. The maximum Gasteiger partial charge on any atom is 0.364 e. The Labute approximate surface area is 77.6 Å². The van der Waals surface area contributed by atoms with Crippen molar-refractivity contribution in [3.63, 3.8) is 0 Å². The molecule has 0 aliphatic rings. The molecule has 0 aliphatic heterocycles. The average Bonchev–Trinajstić information content (AvgIpc) is 2.14. The Morgan fingerprint density at radius 2 is 2.08 bits per heavy atom. The molecule has 3 nitrogen and oxygen atoms in total. The van der Waals surface area contributed by atoms with E-state index in [0.29, 0.717) is 6.42 Å². The minimum atomic E-state index is -2.83. The second kappa shape index (κ2) is 5.57. The predicted octanol–water partition coefficient (Wildman–Crippen LogP) is 2.14. The molecule has 0 bridgehead atoms. The van der Waals surface area contributed by atoms with E-state index < -0.39 is 8.25 Å².